The fraction of sp³-hybridized carbons (Fsp3) is 0.938. The summed E-state index contributed by atoms with van der Waals surface area (Å²) in [5.74, 6) is -5.02. The molecule has 2 rings (SSSR count). The average molecular weight is 1830 g/mol. The Bertz CT molecular complexity index is 2750. The summed E-state index contributed by atoms with van der Waals surface area (Å²) in [5.41, 5.74) is 0. The monoisotopic (exact) mass is 1830 g/mol. The zero-order chi connectivity index (χ0) is 91.8. The first-order chi connectivity index (χ1) is 60.3. The maximum Gasteiger partial charge on any atom is 0.472 e. The highest BCUT2D eigenvalue weighted by Gasteiger charge is 2.55. The van der Waals surface area contributed by atoms with Gasteiger partial charge in [0.05, 0.1) is 51.1 Å². The molecule has 0 bridgehead atoms. The number of carbonyl (C=O) groups is 6. The Hall–Kier alpha value is -3.24. The number of amides is 2. The molecule has 27 nitrogen and oxygen atoms in total. The van der Waals surface area contributed by atoms with Crippen molar-refractivity contribution in [2.45, 2.75) is 564 Å². The van der Waals surface area contributed by atoms with E-state index in [0.29, 0.717) is 38.5 Å². The number of phosphoric acid groups is 2. The van der Waals surface area contributed by atoms with Crippen LogP contribution in [0.4, 0.5) is 0 Å². The minimum atomic E-state index is -5.71. The first kappa shape index (κ1) is 118. The van der Waals surface area contributed by atoms with E-state index in [9.17, 15) is 77.9 Å². The van der Waals surface area contributed by atoms with Crippen molar-refractivity contribution >= 4 is 51.3 Å². The van der Waals surface area contributed by atoms with Crippen LogP contribution in [0, 0.1) is 0 Å². The third-order valence-electron chi connectivity index (χ3n) is 24.4. The second-order valence-electron chi connectivity index (χ2n) is 36.2. The Balaban J connectivity index is 2.77. The molecule has 2 fully saturated rings. The van der Waals surface area contributed by atoms with Gasteiger partial charge in [-0.1, -0.05) is 388 Å². The Morgan fingerprint density at radius 3 is 0.968 bits per heavy atom. The highest BCUT2D eigenvalue weighted by Crippen LogP contribution is 2.44. The molecule has 14 atom stereocenters. The van der Waals surface area contributed by atoms with E-state index in [1.54, 1.807) is 0 Å². The summed E-state index contributed by atoms with van der Waals surface area (Å²) in [7, 11) is -11.4. The van der Waals surface area contributed by atoms with Gasteiger partial charge in [0.25, 0.3) is 0 Å². The largest absolute Gasteiger partial charge is 0.472 e. The van der Waals surface area contributed by atoms with E-state index in [-0.39, 0.29) is 38.5 Å². The van der Waals surface area contributed by atoms with Gasteiger partial charge in [-0.25, -0.2) is 9.13 Å². The number of carbonyl (C=O) groups excluding carboxylic acids is 6. The van der Waals surface area contributed by atoms with Gasteiger partial charge >= 0.3 is 39.5 Å². The maximum absolute atomic E-state index is 14.8. The fourth-order valence-electron chi connectivity index (χ4n) is 16.9. The number of nitrogens with one attached hydrogen (secondary N) is 2. The summed E-state index contributed by atoms with van der Waals surface area (Å²) in [6.45, 7) is 10.9. The van der Waals surface area contributed by atoms with Crippen LogP contribution in [-0.4, -0.2) is 175 Å². The zero-order valence-electron chi connectivity index (χ0n) is 79.0. The van der Waals surface area contributed by atoms with Gasteiger partial charge in [0.15, 0.2) is 24.8 Å². The first-order valence-corrected chi connectivity index (χ1v) is 53.8. The number of aliphatic hydroxyl groups excluding tert-OH is 4. The summed E-state index contributed by atoms with van der Waals surface area (Å²) < 4.78 is 80.0. The third kappa shape index (κ3) is 63.5. The van der Waals surface area contributed by atoms with Crippen molar-refractivity contribution in [2.24, 2.45) is 0 Å². The molecule has 0 spiro atoms. The molecule has 0 saturated carbocycles. The molecule has 29 heteroatoms. The molecule has 9 unspecified atom stereocenters. The van der Waals surface area contributed by atoms with Crippen LogP contribution in [0.5, 0.6) is 0 Å². The number of unbranched alkanes of at least 4 members (excludes halogenated alkanes) is 52. The number of ether oxygens (including phenoxy) is 7. The van der Waals surface area contributed by atoms with Crippen LogP contribution >= 0.6 is 15.6 Å². The van der Waals surface area contributed by atoms with E-state index < -0.39 is 176 Å². The molecule has 2 saturated heterocycles. The van der Waals surface area contributed by atoms with Crippen molar-refractivity contribution in [3.8, 4) is 0 Å². The van der Waals surface area contributed by atoms with Gasteiger partial charge in [-0.3, -0.25) is 37.8 Å². The second kappa shape index (κ2) is 77.2. The number of phosphoric ester groups is 2. The van der Waals surface area contributed by atoms with Crippen LogP contribution in [0.2, 0.25) is 0 Å². The molecule has 0 aromatic carbocycles. The van der Waals surface area contributed by atoms with Crippen molar-refractivity contribution in [2.75, 3.05) is 13.2 Å². The second-order valence-corrected chi connectivity index (χ2v) is 38.6. The lowest BCUT2D eigenvalue weighted by Gasteiger charge is -2.47. The lowest BCUT2D eigenvalue weighted by molar-refractivity contribution is -0.297. The summed E-state index contributed by atoms with van der Waals surface area (Å²) >= 11 is 0. The molecule has 10 N–H and O–H groups in total. The van der Waals surface area contributed by atoms with Crippen molar-refractivity contribution < 1.29 is 120 Å². The van der Waals surface area contributed by atoms with Crippen LogP contribution in [0.1, 0.15) is 478 Å². The number of rotatable bonds is 86. The topological polar surface area (TPSA) is 406 Å². The number of hydrogen-bond acceptors (Lipinski definition) is 21. The van der Waals surface area contributed by atoms with Crippen molar-refractivity contribution in [3.63, 3.8) is 0 Å². The fourth-order valence-corrected chi connectivity index (χ4v) is 18.0. The molecule has 2 aliphatic heterocycles. The van der Waals surface area contributed by atoms with Crippen LogP contribution < -0.4 is 10.6 Å². The molecule has 2 heterocycles. The Morgan fingerprint density at radius 2 is 0.616 bits per heavy atom. The van der Waals surface area contributed by atoms with Crippen molar-refractivity contribution in [3.05, 3.63) is 0 Å². The standard InChI is InChI=1S/C96H182N2O25P2/c1-7-13-19-25-31-37-38-39-40-46-52-58-63-69-85(104)116-79(67-61-55-49-43-34-28-22-16-10-4)73-84(103)98-89-93(120-87(106)72-78(101)66-60-54-48-42-33-27-21-15-9-3)91(108)82(119-96(89)123-125(112,113)114)76-115-95-90(97-83(102)71-77(100)65-59-53-47-41-32-26-20-14-8-2)94(92(81(75-99)118-95)122-124(109,110)111)121-88(107)74-80(68-62-56-50-44-35-29-23-17-11-5)117-86(105)70-64-57-51-45-36-30-24-18-12-6/h77-82,89-96,99-101,108H,7-76H2,1-6H3,(H,97,102)(H,98,103)(H2,109,110,111)(H2,112,113,114)/t77?,78?,79?,80?,81?,82?,89?,90?,91-,92-,93-,94-,95-,96?/m1/s1. The third-order valence-corrected chi connectivity index (χ3v) is 25.4. The molecule has 0 aliphatic carbocycles. The quantitative estimate of drug-likeness (QED) is 0.0117. The summed E-state index contributed by atoms with van der Waals surface area (Å²) in [5, 5.41) is 51.9. The summed E-state index contributed by atoms with van der Waals surface area (Å²) in [6.07, 6.45) is 36.9. The number of esters is 4. The summed E-state index contributed by atoms with van der Waals surface area (Å²) in [4.78, 5) is 128. The van der Waals surface area contributed by atoms with Gasteiger partial charge in [-0.15, -0.1) is 0 Å². The Kier molecular flexibility index (Phi) is 72.8. The van der Waals surface area contributed by atoms with E-state index in [2.05, 4.69) is 52.2 Å². The minimum Gasteiger partial charge on any atom is -0.462 e. The Morgan fingerprint density at radius 1 is 0.328 bits per heavy atom. The van der Waals surface area contributed by atoms with Gasteiger partial charge in [0.2, 0.25) is 11.8 Å². The molecule has 0 aromatic heterocycles. The predicted molar refractivity (Wildman–Crippen MR) is 490 cm³/mol. The van der Waals surface area contributed by atoms with E-state index >= 15 is 0 Å². The van der Waals surface area contributed by atoms with E-state index in [4.69, 9.17) is 42.2 Å². The van der Waals surface area contributed by atoms with Crippen LogP contribution in [0.15, 0.2) is 0 Å². The molecular formula is C96H182N2O25P2. The Labute approximate surface area is 755 Å². The highest BCUT2D eigenvalue weighted by atomic mass is 31.2. The van der Waals surface area contributed by atoms with Crippen molar-refractivity contribution in [1.82, 2.24) is 10.6 Å². The maximum atomic E-state index is 14.8. The van der Waals surface area contributed by atoms with Crippen LogP contribution in [-0.2, 0) is 80.1 Å². The molecule has 0 radical (unpaired) electrons. The zero-order valence-corrected chi connectivity index (χ0v) is 80.8. The SMILES string of the molecule is CCCCCCCCCCCCCCCC(=O)OC(CCCCCCCCCCC)CC(=O)NC1C(OP(=O)(O)O)OC(CO[C@@H]2OC(CO)[C@@H](OP(=O)(O)O)[C@H](OC(=O)CC(CCCCCCCCCCC)OC(=O)CCCCCCCCCCC)C2NC(=O)CC(O)CCCCCCCCCCC)[C@@H](O)[C@@H]1OC(=O)CC(O)CCCCCCCCCCC. The smallest absolute Gasteiger partial charge is 0.462 e. The van der Waals surface area contributed by atoms with Gasteiger partial charge in [-0.2, -0.15) is 0 Å². The molecule has 736 valence electrons. The number of hydrogen-bond donors (Lipinski definition) is 10. The minimum absolute atomic E-state index is 0.0817. The van der Waals surface area contributed by atoms with Crippen LogP contribution in [0.25, 0.3) is 0 Å². The van der Waals surface area contributed by atoms with E-state index in [0.717, 1.165) is 250 Å². The lowest BCUT2D eigenvalue weighted by Crippen LogP contribution is -2.68. The van der Waals surface area contributed by atoms with E-state index in [1.165, 1.54) is 83.5 Å². The number of aliphatic hydroxyl groups is 4. The molecule has 0 aromatic rings. The predicted octanol–water partition coefficient (Wildman–Crippen LogP) is 21.4. The molecule has 2 amide bonds. The normalized spacial score (nSPS) is 20.2. The van der Waals surface area contributed by atoms with Gasteiger partial charge < -0.3 is 83.8 Å². The van der Waals surface area contributed by atoms with Gasteiger partial charge in [-0.05, 0) is 51.4 Å². The molecule has 125 heavy (non-hydrogen) atoms. The molecular weight excluding hydrogens is 1640 g/mol. The van der Waals surface area contributed by atoms with E-state index in [1.807, 2.05) is 0 Å². The highest BCUT2D eigenvalue weighted by molar-refractivity contribution is 7.46. The average Bonchev–Trinajstić information content (AvgIpc) is 0.780. The lowest BCUT2D eigenvalue weighted by atomic mass is 9.95. The first-order valence-electron chi connectivity index (χ1n) is 50.7. The van der Waals surface area contributed by atoms with Crippen LogP contribution in [0.3, 0.4) is 0 Å². The summed E-state index contributed by atoms with van der Waals surface area (Å²) in [6, 6.07) is -3.86. The van der Waals surface area contributed by atoms with Gasteiger partial charge in [0, 0.05) is 12.8 Å². The molecule has 2 aliphatic rings. The van der Waals surface area contributed by atoms with Gasteiger partial charge in [0.1, 0.15) is 48.7 Å². The van der Waals surface area contributed by atoms with Crippen molar-refractivity contribution in [1.29, 1.82) is 0 Å².